The second-order valence-corrected chi connectivity index (χ2v) is 16.2. The van der Waals surface area contributed by atoms with E-state index in [1.54, 1.807) is 67.1 Å². The molecule has 3 fully saturated rings. The highest BCUT2D eigenvalue weighted by molar-refractivity contribution is 6.01. The second kappa shape index (κ2) is 16.8. The number of aliphatic hydroxyl groups is 1. The van der Waals surface area contributed by atoms with Gasteiger partial charge in [-0.1, -0.05) is 12.1 Å². The average Bonchev–Trinajstić information content (AvgIpc) is 3.49. The first-order valence-corrected chi connectivity index (χ1v) is 20.3. The zero-order valence-electron chi connectivity index (χ0n) is 33.7. The molecule has 15 nitrogen and oxygen atoms in total. The van der Waals surface area contributed by atoms with Crippen LogP contribution in [-0.4, -0.2) is 98.0 Å². The Morgan fingerprint density at radius 3 is 2.25 bits per heavy atom. The van der Waals surface area contributed by atoms with Crippen LogP contribution in [0.15, 0.2) is 78.2 Å². The third kappa shape index (κ3) is 8.58. The Balaban J connectivity index is 0.855. The molecule has 1 atom stereocenters. The number of carbonyl (C=O) groups excluding carboxylic acids is 2. The molecule has 3 saturated heterocycles. The van der Waals surface area contributed by atoms with Crippen LogP contribution in [0.2, 0.25) is 0 Å². The summed E-state index contributed by atoms with van der Waals surface area (Å²) in [7, 11) is 0. The summed E-state index contributed by atoms with van der Waals surface area (Å²) in [6, 6.07) is 14.5. The number of halogens is 2. The molecule has 314 valence electrons. The number of anilines is 5. The summed E-state index contributed by atoms with van der Waals surface area (Å²) in [5.41, 5.74) is 1.18. The predicted molar refractivity (Wildman–Crippen MR) is 226 cm³/mol. The molecule has 2 aromatic carbocycles. The molecule has 3 aliphatic rings. The van der Waals surface area contributed by atoms with Crippen molar-refractivity contribution in [3.05, 3.63) is 101 Å². The predicted octanol–water partition coefficient (Wildman–Crippen LogP) is 4.67. The summed E-state index contributed by atoms with van der Waals surface area (Å²) in [5.74, 6) is -0.395. The lowest BCUT2D eigenvalue weighted by molar-refractivity contribution is -0.133. The van der Waals surface area contributed by atoms with Crippen molar-refractivity contribution in [2.24, 2.45) is 5.92 Å². The van der Waals surface area contributed by atoms with Crippen LogP contribution in [0.5, 0.6) is 0 Å². The Hall–Kier alpha value is -6.20. The highest BCUT2D eigenvalue weighted by atomic mass is 19.1. The molecular formula is C43H49F2N11O4. The SMILES string of the molecule is C=CCn1c(=O)c2cnc(Nc3ccc(N4CCN(CC5CCN(c6ccc(NC7CCC(=O)NC7=O)cc6F)CC5)CC4)c(F)c3)nc2n1-c1cccc(C(C)(C)O)n1. The van der Waals surface area contributed by atoms with Crippen molar-refractivity contribution in [3.63, 3.8) is 0 Å². The van der Waals surface area contributed by atoms with E-state index in [0.29, 0.717) is 65.3 Å². The lowest BCUT2D eigenvalue weighted by Gasteiger charge is -2.40. The summed E-state index contributed by atoms with van der Waals surface area (Å²) < 4.78 is 33.9. The fourth-order valence-electron chi connectivity index (χ4n) is 8.24. The Bertz CT molecular complexity index is 2480. The fraction of sp³-hybridized carbons (Fsp3) is 0.395. The van der Waals surface area contributed by atoms with Gasteiger partial charge in [0, 0.05) is 69.8 Å². The van der Waals surface area contributed by atoms with Crippen LogP contribution in [-0.2, 0) is 21.7 Å². The number of allylic oxidation sites excluding steroid dienone is 1. The molecular weight excluding hydrogens is 773 g/mol. The van der Waals surface area contributed by atoms with Gasteiger partial charge in [0.1, 0.15) is 28.7 Å². The third-order valence-corrected chi connectivity index (χ3v) is 11.5. The first kappa shape index (κ1) is 40.6. The number of piperazine rings is 1. The van der Waals surface area contributed by atoms with Crippen molar-refractivity contribution in [2.45, 2.75) is 57.7 Å². The van der Waals surface area contributed by atoms with E-state index in [1.165, 1.54) is 23.0 Å². The number of nitrogens with one attached hydrogen (secondary N) is 3. The number of pyridine rings is 1. The molecule has 5 aromatic rings. The molecule has 0 saturated carbocycles. The van der Waals surface area contributed by atoms with Crippen molar-refractivity contribution >= 4 is 51.5 Å². The number of fused-ring (bicyclic) bond motifs is 1. The molecule has 0 aliphatic carbocycles. The number of carbonyl (C=O) groups is 2. The van der Waals surface area contributed by atoms with Gasteiger partial charge in [-0.15, -0.1) is 6.58 Å². The Morgan fingerprint density at radius 1 is 0.900 bits per heavy atom. The maximum Gasteiger partial charge on any atom is 0.278 e. The smallest absolute Gasteiger partial charge is 0.278 e. The first-order chi connectivity index (χ1) is 28.8. The summed E-state index contributed by atoms with van der Waals surface area (Å²) in [5, 5.41) is 19.3. The minimum atomic E-state index is -1.21. The number of piperidine rings is 2. The van der Waals surface area contributed by atoms with Gasteiger partial charge >= 0.3 is 0 Å². The van der Waals surface area contributed by atoms with Crippen molar-refractivity contribution < 1.29 is 23.5 Å². The van der Waals surface area contributed by atoms with Crippen LogP contribution in [0.3, 0.4) is 0 Å². The Labute approximate surface area is 345 Å². The lowest BCUT2D eigenvalue weighted by Crippen LogP contribution is -2.49. The van der Waals surface area contributed by atoms with Gasteiger partial charge in [-0.05, 0) is 87.6 Å². The van der Waals surface area contributed by atoms with Crippen LogP contribution in [0, 0.1) is 17.6 Å². The van der Waals surface area contributed by atoms with Crippen LogP contribution in [0.25, 0.3) is 16.9 Å². The number of benzene rings is 2. The topological polar surface area (TPSA) is 166 Å². The molecule has 3 aromatic heterocycles. The van der Waals surface area contributed by atoms with Crippen LogP contribution >= 0.6 is 0 Å². The number of nitrogens with zero attached hydrogens (tertiary/aromatic N) is 8. The molecule has 3 aliphatic heterocycles. The monoisotopic (exact) mass is 821 g/mol. The van der Waals surface area contributed by atoms with E-state index in [1.807, 2.05) is 0 Å². The van der Waals surface area contributed by atoms with Gasteiger partial charge in [0.2, 0.25) is 17.8 Å². The number of amides is 2. The number of rotatable bonds is 12. The second-order valence-electron chi connectivity index (χ2n) is 16.2. The maximum atomic E-state index is 15.7. The standard InChI is InChI=1S/C43H49F2N11O4/c1-4-16-55-41(59)30-25-46-42(51-39(30)56(55)37-7-5-6-36(49-37)43(2,3)60)48-29-9-12-35(32(45)24-29)54-21-19-52(20-22-54)26-27-14-17-53(18-15-27)34-11-8-28(23-31(34)44)47-33-10-13-38(57)50-40(33)58/h4-9,11-12,23-25,27,33,47,60H,1,10,13-22,26H2,2-3H3,(H,46,48,51)(H,50,57,58). The Morgan fingerprint density at radius 2 is 1.58 bits per heavy atom. The van der Waals surface area contributed by atoms with E-state index in [-0.39, 0.29) is 47.4 Å². The van der Waals surface area contributed by atoms with Gasteiger partial charge in [0.15, 0.2) is 11.5 Å². The quantitative estimate of drug-likeness (QED) is 0.102. The van der Waals surface area contributed by atoms with E-state index in [9.17, 15) is 19.5 Å². The highest BCUT2D eigenvalue weighted by Crippen LogP contribution is 2.30. The van der Waals surface area contributed by atoms with Crippen molar-refractivity contribution in [1.29, 1.82) is 0 Å². The number of hydrogen-bond donors (Lipinski definition) is 4. The van der Waals surface area contributed by atoms with E-state index in [0.717, 1.165) is 45.6 Å². The van der Waals surface area contributed by atoms with E-state index in [2.05, 4.69) is 52.2 Å². The van der Waals surface area contributed by atoms with E-state index < -0.39 is 17.6 Å². The summed E-state index contributed by atoms with van der Waals surface area (Å²) in [6.45, 7) is 12.6. The number of imide groups is 1. The molecule has 0 radical (unpaired) electrons. The average molecular weight is 822 g/mol. The minimum absolute atomic E-state index is 0.166. The third-order valence-electron chi connectivity index (χ3n) is 11.5. The van der Waals surface area contributed by atoms with Crippen molar-refractivity contribution in [2.75, 3.05) is 66.2 Å². The lowest BCUT2D eigenvalue weighted by atomic mass is 9.95. The van der Waals surface area contributed by atoms with Gasteiger partial charge in [-0.25, -0.2) is 28.1 Å². The molecule has 6 heterocycles. The molecule has 8 rings (SSSR count). The molecule has 17 heteroatoms. The van der Waals surface area contributed by atoms with Gasteiger partial charge in [0.05, 0.1) is 23.6 Å². The summed E-state index contributed by atoms with van der Waals surface area (Å²) in [4.78, 5) is 57.1. The Kier molecular flexibility index (Phi) is 11.4. The normalized spacial score (nSPS) is 18.2. The molecule has 0 spiro atoms. The van der Waals surface area contributed by atoms with Crippen LogP contribution in [0.4, 0.5) is 37.5 Å². The van der Waals surface area contributed by atoms with Gasteiger partial charge in [0.25, 0.3) is 5.56 Å². The number of aromatic nitrogens is 5. The van der Waals surface area contributed by atoms with E-state index >= 15 is 8.78 Å². The van der Waals surface area contributed by atoms with Gasteiger partial charge in [-0.3, -0.25) is 24.6 Å². The summed E-state index contributed by atoms with van der Waals surface area (Å²) >= 11 is 0. The van der Waals surface area contributed by atoms with Gasteiger partial charge in [-0.2, -0.15) is 4.98 Å². The molecule has 0 bridgehead atoms. The van der Waals surface area contributed by atoms with E-state index in [4.69, 9.17) is 0 Å². The molecule has 4 N–H and O–H groups in total. The van der Waals surface area contributed by atoms with Crippen molar-refractivity contribution in [1.82, 2.24) is 34.5 Å². The number of hydrogen-bond acceptors (Lipinski definition) is 12. The van der Waals surface area contributed by atoms with Gasteiger partial charge < -0.3 is 25.5 Å². The first-order valence-electron chi connectivity index (χ1n) is 20.3. The maximum absolute atomic E-state index is 15.7. The van der Waals surface area contributed by atoms with Crippen LogP contribution in [0.1, 0.15) is 45.2 Å². The minimum Gasteiger partial charge on any atom is -0.384 e. The zero-order chi connectivity index (χ0) is 42.1. The van der Waals surface area contributed by atoms with Crippen molar-refractivity contribution in [3.8, 4) is 5.82 Å². The van der Waals surface area contributed by atoms with Crippen LogP contribution < -0.4 is 31.3 Å². The molecule has 2 amide bonds. The fourth-order valence-corrected chi connectivity index (χ4v) is 8.24. The largest absolute Gasteiger partial charge is 0.384 e. The molecule has 1 unspecified atom stereocenters. The highest BCUT2D eigenvalue weighted by Gasteiger charge is 2.29. The zero-order valence-corrected chi connectivity index (χ0v) is 33.7. The molecule has 60 heavy (non-hydrogen) atoms. The summed E-state index contributed by atoms with van der Waals surface area (Å²) in [6.07, 6.45) is 5.51.